The minimum absolute atomic E-state index is 0.0120. The van der Waals surface area contributed by atoms with E-state index >= 15 is 0 Å². The van der Waals surface area contributed by atoms with Gasteiger partial charge in [-0.1, -0.05) is 26.0 Å². The van der Waals surface area contributed by atoms with Gasteiger partial charge in [-0.3, -0.25) is 14.4 Å². The van der Waals surface area contributed by atoms with Crippen molar-refractivity contribution in [2.75, 3.05) is 0 Å². The molecule has 0 bridgehead atoms. The number of carbonyl (C=O) groups excluding carboxylic acids is 3. The van der Waals surface area contributed by atoms with Crippen molar-refractivity contribution >= 4 is 23.7 Å². The SMILES string of the molecule is CC(C)CC(N)C(=O)NC(C)C(=O)NC(C(=O)NC(Cc1ccc(O)cc1)C(=O)O)C(C)O. The monoisotopic (exact) mass is 466 g/mol. The molecular formula is C22H34N4O7. The second kappa shape index (κ2) is 12.8. The highest BCUT2D eigenvalue weighted by molar-refractivity contribution is 5.94. The largest absolute Gasteiger partial charge is 0.508 e. The van der Waals surface area contributed by atoms with Crippen LogP contribution in [-0.2, 0) is 25.6 Å². The van der Waals surface area contributed by atoms with Crippen LogP contribution in [0.4, 0.5) is 0 Å². The molecule has 0 heterocycles. The van der Waals surface area contributed by atoms with Gasteiger partial charge >= 0.3 is 5.97 Å². The Balaban J connectivity index is 2.79. The standard InChI is InChI=1S/C22H34N4O7/c1-11(2)9-16(23)20(30)24-12(3)19(29)26-18(13(4)27)21(31)25-17(22(32)33)10-14-5-7-15(28)8-6-14/h5-8,11-13,16-18,27-28H,9-10,23H2,1-4H3,(H,24,30)(H,25,31)(H,26,29)(H,32,33). The van der Waals surface area contributed by atoms with Crippen LogP contribution in [0.1, 0.15) is 39.7 Å². The first-order valence-electron chi connectivity index (χ1n) is 10.7. The molecule has 8 N–H and O–H groups in total. The quantitative estimate of drug-likeness (QED) is 0.209. The average Bonchev–Trinajstić information content (AvgIpc) is 2.71. The minimum Gasteiger partial charge on any atom is -0.508 e. The maximum Gasteiger partial charge on any atom is 0.326 e. The summed E-state index contributed by atoms with van der Waals surface area (Å²) in [5, 5.41) is 35.9. The molecule has 11 nitrogen and oxygen atoms in total. The molecule has 33 heavy (non-hydrogen) atoms. The molecule has 0 radical (unpaired) electrons. The number of carboxylic acids is 1. The van der Waals surface area contributed by atoms with Crippen LogP contribution in [-0.4, -0.2) is 69.3 Å². The van der Waals surface area contributed by atoms with Crippen LogP contribution in [0.5, 0.6) is 5.75 Å². The van der Waals surface area contributed by atoms with Crippen LogP contribution >= 0.6 is 0 Å². The molecule has 3 amide bonds. The number of carboxylic acid groups (broad SMARTS) is 1. The first kappa shape index (κ1) is 27.9. The third-order valence-corrected chi connectivity index (χ3v) is 4.87. The molecule has 5 atom stereocenters. The molecule has 11 heteroatoms. The molecule has 1 aromatic carbocycles. The van der Waals surface area contributed by atoms with E-state index in [0.717, 1.165) is 0 Å². The maximum atomic E-state index is 12.7. The van der Waals surface area contributed by atoms with Crippen molar-refractivity contribution in [1.29, 1.82) is 0 Å². The molecule has 0 aliphatic rings. The third kappa shape index (κ3) is 9.46. The summed E-state index contributed by atoms with van der Waals surface area (Å²) in [4.78, 5) is 48.9. The number of benzene rings is 1. The second-order valence-electron chi connectivity index (χ2n) is 8.46. The van der Waals surface area contributed by atoms with Gasteiger partial charge in [0.05, 0.1) is 12.1 Å². The Kier molecular flexibility index (Phi) is 10.8. The number of nitrogens with two attached hydrogens (primary N) is 1. The number of nitrogens with one attached hydrogen (secondary N) is 3. The molecule has 0 saturated carbocycles. The van der Waals surface area contributed by atoms with Gasteiger partial charge in [-0.05, 0) is 43.9 Å². The summed E-state index contributed by atoms with van der Waals surface area (Å²) in [5.41, 5.74) is 6.35. The van der Waals surface area contributed by atoms with Gasteiger partial charge in [-0.2, -0.15) is 0 Å². The van der Waals surface area contributed by atoms with Gasteiger partial charge in [0.25, 0.3) is 0 Å². The molecular weight excluding hydrogens is 432 g/mol. The Morgan fingerprint density at radius 1 is 0.909 bits per heavy atom. The van der Waals surface area contributed by atoms with E-state index in [1.54, 1.807) is 0 Å². The highest BCUT2D eigenvalue weighted by Gasteiger charge is 2.31. The van der Waals surface area contributed by atoms with E-state index < -0.39 is 54.0 Å². The number of hydrogen-bond donors (Lipinski definition) is 7. The number of aliphatic hydroxyl groups is 1. The summed E-state index contributed by atoms with van der Waals surface area (Å²) in [6.45, 7) is 6.47. The van der Waals surface area contributed by atoms with Crippen molar-refractivity contribution in [1.82, 2.24) is 16.0 Å². The number of carbonyl (C=O) groups is 4. The molecule has 1 rings (SSSR count). The molecule has 0 aromatic heterocycles. The summed E-state index contributed by atoms with van der Waals surface area (Å²) >= 11 is 0. The topological polar surface area (TPSA) is 191 Å². The average molecular weight is 467 g/mol. The van der Waals surface area contributed by atoms with Gasteiger partial charge in [0.15, 0.2) is 0 Å². The number of phenols is 1. The van der Waals surface area contributed by atoms with Gasteiger partial charge < -0.3 is 37.0 Å². The van der Waals surface area contributed by atoms with E-state index in [0.29, 0.717) is 12.0 Å². The zero-order valence-corrected chi connectivity index (χ0v) is 19.2. The molecule has 0 fully saturated rings. The van der Waals surface area contributed by atoms with Crippen molar-refractivity contribution in [2.45, 2.75) is 70.8 Å². The summed E-state index contributed by atoms with van der Waals surface area (Å²) in [6.07, 6.45) is -0.999. The third-order valence-electron chi connectivity index (χ3n) is 4.87. The molecule has 0 aliphatic heterocycles. The fraction of sp³-hybridized carbons (Fsp3) is 0.545. The van der Waals surface area contributed by atoms with Crippen molar-refractivity contribution in [3.05, 3.63) is 29.8 Å². The molecule has 5 unspecified atom stereocenters. The first-order chi connectivity index (χ1) is 15.3. The number of aromatic hydroxyl groups is 1. The van der Waals surface area contributed by atoms with Crippen molar-refractivity contribution in [2.24, 2.45) is 11.7 Å². The fourth-order valence-electron chi connectivity index (χ4n) is 3.01. The zero-order chi connectivity index (χ0) is 25.3. The molecule has 0 aliphatic carbocycles. The number of aliphatic carboxylic acids is 1. The van der Waals surface area contributed by atoms with E-state index in [-0.39, 0.29) is 18.1 Å². The van der Waals surface area contributed by atoms with Crippen molar-refractivity contribution in [3.63, 3.8) is 0 Å². The van der Waals surface area contributed by atoms with Crippen molar-refractivity contribution < 1.29 is 34.5 Å². The maximum absolute atomic E-state index is 12.7. The fourth-order valence-corrected chi connectivity index (χ4v) is 3.01. The number of rotatable bonds is 12. The Bertz CT molecular complexity index is 827. The van der Waals surface area contributed by atoms with Crippen LogP contribution in [0.2, 0.25) is 0 Å². The van der Waals surface area contributed by atoms with Crippen molar-refractivity contribution in [3.8, 4) is 5.75 Å². The van der Waals surface area contributed by atoms with Crippen LogP contribution in [0.15, 0.2) is 24.3 Å². The van der Waals surface area contributed by atoms with Crippen LogP contribution in [0, 0.1) is 5.92 Å². The lowest BCUT2D eigenvalue weighted by atomic mass is 10.0. The number of hydrogen-bond acceptors (Lipinski definition) is 7. The Morgan fingerprint density at radius 2 is 1.48 bits per heavy atom. The van der Waals surface area contributed by atoms with E-state index in [9.17, 15) is 34.5 Å². The smallest absolute Gasteiger partial charge is 0.326 e. The minimum atomic E-state index is -1.46. The highest BCUT2D eigenvalue weighted by atomic mass is 16.4. The van der Waals surface area contributed by atoms with E-state index in [4.69, 9.17) is 5.73 Å². The Labute approximate surface area is 192 Å². The van der Waals surface area contributed by atoms with E-state index in [2.05, 4.69) is 16.0 Å². The van der Waals surface area contributed by atoms with Crippen LogP contribution in [0.25, 0.3) is 0 Å². The highest BCUT2D eigenvalue weighted by Crippen LogP contribution is 2.12. The van der Waals surface area contributed by atoms with Crippen LogP contribution < -0.4 is 21.7 Å². The lowest BCUT2D eigenvalue weighted by Gasteiger charge is -2.25. The van der Waals surface area contributed by atoms with Gasteiger partial charge in [0.1, 0.15) is 23.9 Å². The summed E-state index contributed by atoms with van der Waals surface area (Å²) < 4.78 is 0. The van der Waals surface area contributed by atoms with Gasteiger partial charge in [-0.25, -0.2) is 4.79 Å². The predicted molar refractivity (Wildman–Crippen MR) is 120 cm³/mol. The molecule has 0 saturated heterocycles. The Hall–Kier alpha value is -3.18. The second-order valence-corrected chi connectivity index (χ2v) is 8.46. The first-order valence-corrected chi connectivity index (χ1v) is 10.7. The molecule has 1 aromatic rings. The zero-order valence-electron chi connectivity index (χ0n) is 19.2. The van der Waals surface area contributed by atoms with Gasteiger partial charge in [0.2, 0.25) is 17.7 Å². The van der Waals surface area contributed by atoms with Gasteiger partial charge in [-0.15, -0.1) is 0 Å². The summed E-state index contributed by atoms with van der Waals surface area (Å²) in [6, 6.07) is 1.16. The molecule has 184 valence electrons. The lowest BCUT2D eigenvalue weighted by Crippen LogP contribution is -2.59. The Morgan fingerprint density at radius 3 is 1.97 bits per heavy atom. The number of phenolic OH excluding ortho intramolecular Hbond substituents is 1. The summed E-state index contributed by atoms with van der Waals surface area (Å²) in [7, 11) is 0. The van der Waals surface area contributed by atoms with Gasteiger partial charge in [0, 0.05) is 6.42 Å². The number of aliphatic hydroxyl groups excluding tert-OH is 1. The predicted octanol–water partition coefficient (Wildman–Crippen LogP) is -0.752. The van der Waals surface area contributed by atoms with Crippen LogP contribution in [0.3, 0.4) is 0 Å². The number of amides is 3. The molecule has 0 spiro atoms. The summed E-state index contributed by atoms with van der Waals surface area (Å²) in [5.74, 6) is -3.29. The normalized spacial score (nSPS) is 15.6. The lowest BCUT2D eigenvalue weighted by molar-refractivity contribution is -0.143. The van der Waals surface area contributed by atoms with E-state index in [1.807, 2.05) is 13.8 Å². The van der Waals surface area contributed by atoms with E-state index in [1.165, 1.54) is 38.1 Å².